The molecule has 0 saturated heterocycles. The molecule has 0 aromatic rings. The Morgan fingerprint density at radius 1 is 1.50 bits per heavy atom. The second kappa shape index (κ2) is 3.35. The van der Waals surface area contributed by atoms with Crippen LogP contribution in [0.3, 0.4) is 0 Å². The third-order valence-corrected chi connectivity index (χ3v) is 2.06. The largest absolute Gasteiger partial charge is 0.396 e. The molecule has 2 heteroatoms. The van der Waals surface area contributed by atoms with Gasteiger partial charge in [0, 0.05) is 18.7 Å². The van der Waals surface area contributed by atoms with E-state index in [1.165, 1.54) is 0 Å². The van der Waals surface area contributed by atoms with Gasteiger partial charge in [-0.1, -0.05) is 13.8 Å². The lowest BCUT2D eigenvalue weighted by atomic mass is 9.80. The van der Waals surface area contributed by atoms with Crippen molar-refractivity contribution in [3.8, 4) is 0 Å². The van der Waals surface area contributed by atoms with Crippen molar-refractivity contribution in [2.24, 2.45) is 5.92 Å². The minimum atomic E-state index is 0.371. The highest BCUT2D eigenvalue weighted by atomic mass is 16.3. The summed E-state index contributed by atoms with van der Waals surface area (Å²) in [7, 11) is 0. The smallest absolute Gasteiger partial charge is 0.0460 e. The van der Waals surface area contributed by atoms with Gasteiger partial charge >= 0.3 is 0 Å². The van der Waals surface area contributed by atoms with Gasteiger partial charge in [-0.3, -0.25) is 0 Å². The van der Waals surface area contributed by atoms with Crippen LogP contribution < -0.4 is 5.32 Å². The Labute approximate surface area is 62.6 Å². The van der Waals surface area contributed by atoms with Crippen molar-refractivity contribution < 1.29 is 5.11 Å². The molecular weight excluding hydrogens is 126 g/mol. The van der Waals surface area contributed by atoms with Crippen LogP contribution in [0.2, 0.25) is 0 Å². The first-order chi connectivity index (χ1) is 4.72. The van der Waals surface area contributed by atoms with Crippen LogP contribution in [0.5, 0.6) is 0 Å². The molecule has 0 aliphatic heterocycles. The van der Waals surface area contributed by atoms with Gasteiger partial charge in [-0.15, -0.1) is 0 Å². The Morgan fingerprint density at radius 2 is 2.10 bits per heavy atom. The Hall–Kier alpha value is -0.0800. The Kier molecular flexibility index (Phi) is 2.69. The third-order valence-electron chi connectivity index (χ3n) is 2.06. The number of aliphatic hydroxyl groups excluding tert-OH is 1. The van der Waals surface area contributed by atoms with Crippen molar-refractivity contribution in [2.45, 2.75) is 38.8 Å². The van der Waals surface area contributed by atoms with E-state index in [9.17, 15) is 0 Å². The van der Waals surface area contributed by atoms with Gasteiger partial charge in [0.2, 0.25) is 0 Å². The molecule has 0 radical (unpaired) electrons. The number of rotatable bonds is 3. The van der Waals surface area contributed by atoms with Crippen molar-refractivity contribution in [3.05, 3.63) is 0 Å². The van der Waals surface area contributed by atoms with Gasteiger partial charge in [-0.25, -0.2) is 0 Å². The van der Waals surface area contributed by atoms with Crippen LogP contribution >= 0.6 is 0 Å². The molecule has 1 aliphatic carbocycles. The standard InChI is InChI=1S/C8H17NO/c1-6(2)9-8-3-7(4-8)5-10/h6-10H,3-5H2,1-2H3/t7-,8-. The lowest BCUT2D eigenvalue weighted by molar-refractivity contribution is 0.123. The minimum absolute atomic E-state index is 0.371. The molecule has 60 valence electrons. The van der Waals surface area contributed by atoms with E-state index >= 15 is 0 Å². The van der Waals surface area contributed by atoms with Crippen molar-refractivity contribution in [1.29, 1.82) is 0 Å². The maximum absolute atomic E-state index is 8.71. The molecule has 0 bridgehead atoms. The number of nitrogens with one attached hydrogen (secondary N) is 1. The molecule has 0 atom stereocenters. The van der Waals surface area contributed by atoms with E-state index in [2.05, 4.69) is 19.2 Å². The lowest BCUT2D eigenvalue weighted by Crippen LogP contribution is -2.45. The second-order valence-electron chi connectivity index (χ2n) is 3.54. The number of hydrogen-bond acceptors (Lipinski definition) is 2. The highest BCUT2D eigenvalue weighted by Crippen LogP contribution is 2.26. The van der Waals surface area contributed by atoms with Crippen LogP contribution in [0.25, 0.3) is 0 Å². The summed E-state index contributed by atoms with van der Waals surface area (Å²) < 4.78 is 0. The fourth-order valence-corrected chi connectivity index (χ4v) is 1.49. The molecule has 0 spiro atoms. The summed E-state index contributed by atoms with van der Waals surface area (Å²) in [4.78, 5) is 0. The highest BCUT2D eigenvalue weighted by molar-refractivity contribution is 4.85. The van der Waals surface area contributed by atoms with E-state index in [1.54, 1.807) is 0 Å². The van der Waals surface area contributed by atoms with Crippen LogP contribution in [-0.2, 0) is 0 Å². The Balaban J connectivity index is 2.03. The summed E-state index contributed by atoms with van der Waals surface area (Å²) in [6, 6.07) is 1.27. The van der Waals surface area contributed by atoms with Crippen LogP contribution in [0.4, 0.5) is 0 Å². The number of hydrogen-bond donors (Lipinski definition) is 2. The van der Waals surface area contributed by atoms with E-state index < -0.39 is 0 Å². The third kappa shape index (κ3) is 1.96. The fraction of sp³-hybridized carbons (Fsp3) is 1.00. The predicted octanol–water partition coefficient (Wildman–Crippen LogP) is 0.755. The quantitative estimate of drug-likeness (QED) is 0.611. The maximum atomic E-state index is 8.71. The van der Waals surface area contributed by atoms with Crippen LogP contribution in [0, 0.1) is 5.92 Å². The van der Waals surface area contributed by atoms with Gasteiger partial charge in [0.15, 0.2) is 0 Å². The zero-order chi connectivity index (χ0) is 7.56. The normalized spacial score (nSPS) is 32.4. The molecule has 2 nitrogen and oxygen atoms in total. The predicted molar refractivity (Wildman–Crippen MR) is 41.9 cm³/mol. The molecule has 2 N–H and O–H groups in total. The molecular formula is C8H17NO. The summed E-state index contributed by atoms with van der Waals surface area (Å²) >= 11 is 0. The average Bonchev–Trinajstić information content (AvgIpc) is 1.76. The molecule has 10 heavy (non-hydrogen) atoms. The number of aliphatic hydroxyl groups is 1. The second-order valence-corrected chi connectivity index (χ2v) is 3.54. The van der Waals surface area contributed by atoms with Gasteiger partial charge in [0.1, 0.15) is 0 Å². The van der Waals surface area contributed by atoms with Crippen LogP contribution in [0.15, 0.2) is 0 Å². The van der Waals surface area contributed by atoms with Gasteiger partial charge in [-0.05, 0) is 18.8 Å². The topological polar surface area (TPSA) is 32.3 Å². The molecule has 0 heterocycles. The zero-order valence-corrected chi connectivity index (χ0v) is 6.80. The van der Waals surface area contributed by atoms with E-state index in [-0.39, 0.29) is 0 Å². The molecule has 1 aliphatic rings. The summed E-state index contributed by atoms with van der Waals surface area (Å²) in [6.45, 7) is 4.69. The average molecular weight is 143 g/mol. The lowest BCUT2D eigenvalue weighted by Gasteiger charge is -2.36. The van der Waals surface area contributed by atoms with Gasteiger partial charge in [0.25, 0.3) is 0 Å². The summed E-state index contributed by atoms with van der Waals surface area (Å²) in [5.41, 5.74) is 0. The SMILES string of the molecule is CC(C)N[C@H]1C[C@H](CO)C1. The van der Waals surface area contributed by atoms with Crippen LogP contribution in [0.1, 0.15) is 26.7 Å². The monoisotopic (exact) mass is 143 g/mol. The molecule has 0 aromatic heterocycles. The minimum Gasteiger partial charge on any atom is -0.396 e. The first-order valence-corrected chi connectivity index (χ1v) is 4.09. The van der Waals surface area contributed by atoms with E-state index in [0.717, 1.165) is 12.8 Å². The van der Waals surface area contributed by atoms with Gasteiger partial charge < -0.3 is 10.4 Å². The zero-order valence-electron chi connectivity index (χ0n) is 6.80. The van der Waals surface area contributed by atoms with Crippen molar-refractivity contribution in [2.75, 3.05) is 6.61 Å². The molecule has 1 fully saturated rings. The van der Waals surface area contributed by atoms with Crippen molar-refractivity contribution in [3.63, 3.8) is 0 Å². The van der Waals surface area contributed by atoms with Crippen molar-refractivity contribution in [1.82, 2.24) is 5.32 Å². The molecule has 1 rings (SSSR count). The molecule has 0 amide bonds. The summed E-state index contributed by atoms with van der Waals surface area (Å²) in [5.74, 6) is 0.580. The van der Waals surface area contributed by atoms with E-state index in [1.807, 2.05) is 0 Å². The molecule has 0 unspecified atom stereocenters. The Bertz CT molecular complexity index is 97.4. The molecule has 1 saturated carbocycles. The highest BCUT2D eigenvalue weighted by Gasteiger charge is 2.27. The summed E-state index contributed by atoms with van der Waals surface area (Å²) in [6.07, 6.45) is 2.32. The first-order valence-electron chi connectivity index (χ1n) is 4.09. The van der Waals surface area contributed by atoms with E-state index in [4.69, 9.17) is 5.11 Å². The van der Waals surface area contributed by atoms with Crippen molar-refractivity contribution >= 4 is 0 Å². The van der Waals surface area contributed by atoms with Crippen LogP contribution in [-0.4, -0.2) is 23.8 Å². The molecule has 0 aromatic carbocycles. The fourth-order valence-electron chi connectivity index (χ4n) is 1.49. The van der Waals surface area contributed by atoms with Gasteiger partial charge in [0.05, 0.1) is 0 Å². The Morgan fingerprint density at radius 3 is 2.50 bits per heavy atom. The van der Waals surface area contributed by atoms with Gasteiger partial charge in [-0.2, -0.15) is 0 Å². The maximum Gasteiger partial charge on any atom is 0.0460 e. The summed E-state index contributed by atoms with van der Waals surface area (Å²) in [5, 5.41) is 12.1. The first kappa shape index (κ1) is 8.02. The van der Waals surface area contributed by atoms with E-state index in [0.29, 0.717) is 24.6 Å².